The molecule has 5 rings (SSSR count). The number of rotatable bonds is 3. The molecular formula is C17H20ClN3O. The average molecular weight is 318 g/mol. The van der Waals surface area contributed by atoms with Gasteiger partial charge >= 0.3 is 0 Å². The Labute approximate surface area is 135 Å². The van der Waals surface area contributed by atoms with Gasteiger partial charge in [0.1, 0.15) is 5.75 Å². The van der Waals surface area contributed by atoms with Crippen LogP contribution < -0.4 is 4.74 Å². The molecule has 0 aliphatic carbocycles. The number of ether oxygens (including phenoxy) is 1. The fourth-order valence-corrected chi connectivity index (χ4v) is 4.01. The van der Waals surface area contributed by atoms with Crippen LogP contribution in [-0.4, -0.2) is 41.4 Å². The van der Waals surface area contributed by atoms with Gasteiger partial charge in [0, 0.05) is 18.3 Å². The summed E-state index contributed by atoms with van der Waals surface area (Å²) >= 11 is 6.23. The van der Waals surface area contributed by atoms with Gasteiger partial charge in [-0.05, 0) is 49.5 Å². The summed E-state index contributed by atoms with van der Waals surface area (Å²) in [6, 6.07) is 6.40. The lowest BCUT2D eigenvalue weighted by molar-refractivity contribution is 0.0513. The number of methoxy groups -OCH3 is 1. The molecule has 116 valence electrons. The van der Waals surface area contributed by atoms with Crippen LogP contribution in [0.1, 0.15) is 18.9 Å². The molecule has 1 aromatic carbocycles. The molecule has 2 bridgehead atoms. The van der Waals surface area contributed by atoms with Crippen molar-refractivity contribution in [3.8, 4) is 16.9 Å². The lowest BCUT2D eigenvalue weighted by atomic mass is 9.84. The first-order chi connectivity index (χ1) is 10.7. The largest absolute Gasteiger partial charge is 0.495 e. The molecule has 3 fully saturated rings. The van der Waals surface area contributed by atoms with E-state index in [1.807, 2.05) is 24.4 Å². The van der Waals surface area contributed by atoms with E-state index in [-0.39, 0.29) is 0 Å². The summed E-state index contributed by atoms with van der Waals surface area (Å²) in [6.07, 6.45) is 6.70. The van der Waals surface area contributed by atoms with Crippen LogP contribution >= 0.6 is 11.6 Å². The molecule has 22 heavy (non-hydrogen) atoms. The predicted octanol–water partition coefficient (Wildman–Crippen LogP) is 3.48. The standard InChI is InChI=1S/C17H20ClN3O/c1-22-17-3-2-13(8-15(17)18)14-9-19-21(10-14)16-11-20-6-4-12(16)5-7-20/h2-3,8-10,12,16H,4-7,11H2,1H3. The Morgan fingerprint density at radius 3 is 2.68 bits per heavy atom. The van der Waals surface area contributed by atoms with Gasteiger partial charge < -0.3 is 9.64 Å². The third kappa shape index (κ3) is 2.40. The van der Waals surface area contributed by atoms with Gasteiger partial charge in [0.15, 0.2) is 0 Å². The molecule has 3 aliphatic heterocycles. The number of fused-ring (bicyclic) bond motifs is 3. The van der Waals surface area contributed by atoms with Crippen molar-refractivity contribution in [2.75, 3.05) is 26.7 Å². The Morgan fingerprint density at radius 2 is 2.05 bits per heavy atom. The maximum Gasteiger partial charge on any atom is 0.137 e. The second-order valence-electron chi connectivity index (χ2n) is 6.26. The summed E-state index contributed by atoms with van der Waals surface area (Å²) < 4.78 is 7.37. The third-order valence-electron chi connectivity index (χ3n) is 5.05. The fourth-order valence-electron chi connectivity index (χ4n) is 3.75. The number of piperidine rings is 3. The van der Waals surface area contributed by atoms with Crippen molar-refractivity contribution in [1.29, 1.82) is 0 Å². The summed E-state index contributed by atoms with van der Waals surface area (Å²) in [5, 5.41) is 5.26. The molecule has 0 spiro atoms. The number of benzene rings is 1. The van der Waals surface area contributed by atoms with Crippen LogP contribution in [-0.2, 0) is 0 Å². The molecule has 0 radical (unpaired) electrons. The van der Waals surface area contributed by atoms with Crippen molar-refractivity contribution < 1.29 is 4.74 Å². The third-order valence-corrected chi connectivity index (χ3v) is 5.34. The number of hydrogen-bond donors (Lipinski definition) is 0. The number of nitrogens with zero attached hydrogens (tertiary/aromatic N) is 3. The molecule has 0 saturated carbocycles. The lowest BCUT2D eigenvalue weighted by Gasteiger charge is -2.44. The summed E-state index contributed by atoms with van der Waals surface area (Å²) in [5.74, 6) is 1.48. The Morgan fingerprint density at radius 1 is 1.23 bits per heavy atom. The minimum Gasteiger partial charge on any atom is -0.495 e. The van der Waals surface area contributed by atoms with E-state index in [9.17, 15) is 0 Å². The van der Waals surface area contributed by atoms with Crippen LogP contribution in [0.3, 0.4) is 0 Å². The molecule has 5 heteroatoms. The minimum atomic E-state index is 0.518. The number of aromatic nitrogens is 2. The van der Waals surface area contributed by atoms with Gasteiger partial charge in [-0.2, -0.15) is 5.10 Å². The van der Waals surface area contributed by atoms with Gasteiger partial charge in [0.2, 0.25) is 0 Å². The molecule has 4 heterocycles. The summed E-state index contributed by atoms with van der Waals surface area (Å²) in [7, 11) is 1.63. The first kappa shape index (κ1) is 14.1. The highest BCUT2D eigenvalue weighted by Gasteiger charge is 2.35. The normalized spacial score (nSPS) is 27.1. The summed E-state index contributed by atoms with van der Waals surface area (Å²) in [4.78, 5) is 2.55. The lowest BCUT2D eigenvalue weighted by Crippen LogP contribution is -2.48. The zero-order chi connectivity index (χ0) is 15.1. The van der Waals surface area contributed by atoms with E-state index in [4.69, 9.17) is 16.3 Å². The zero-order valence-electron chi connectivity index (χ0n) is 12.7. The van der Waals surface area contributed by atoms with Crippen molar-refractivity contribution >= 4 is 11.6 Å². The number of halogens is 1. The Balaban J connectivity index is 1.60. The summed E-state index contributed by atoms with van der Waals surface area (Å²) in [5.41, 5.74) is 2.19. The van der Waals surface area contributed by atoms with Crippen molar-refractivity contribution in [3.05, 3.63) is 35.6 Å². The second kappa shape index (κ2) is 5.60. The molecular weight excluding hydrogens is 298 g/mol. The quantitative estimate of drug-likeness (QED) is 0.868. The van der Waals surface area contributed by atoms with Gasteiger partial charge in [-0.15, -0.1) is 0 Å². The Kier molecular flexibility index (Phi) is 3.59. The molecule has 3 saturated heterocycles. The highest BCUT2D eigenvalue weighted by atomic mass is 35.5. The van der Waals surface area contributed by atoms with E-state index in [0.717, 1.165) is 23.6 Å². The van der Waals surface area contributed by atoms with E-state index < -0.39 is 0 Å². The van der Waals surface area contributed by atoms with Crippen molar-refractivity contribution in [2.45, 2.75) is 18.9 Å². The van der Waals surface area contributed by atoms with Gasteiger partial charge in [-0.25, -0.2) is 0 Å². The smallest absolute Gasteiger partial charge is 0.137 e. The topological polar surface area (TPSA) is 30.3 Å². The maximum atomic E-state index is 6.23. The van der Waals surface area contributed by atoms with E-state index in [1.54, 1.807) is 7.11 Å². The maximum absolute atomic E-state index is 6.23. The highest BCUT2D eigenvalue weighted by Crippen LogP contribution is 2.36. The highest BCUT2D eigenvalue weighted by molar-refractivity contribution is 6.32. The van der Waals surface area contributed by atoms with Gasteiger partial charge in [0.05, 0.1) is 24.4 Å². The van der Waals surface area contributed by atoms with E-state index in [2.05, 4.69) is 20.9 Å². The average Bonchev–Trinajstić information content (AvgIpc) is 3.06. The van der Waals surface area contributed by atoms with Crippen LogP contribution in [0.5, 0.6) is 5.75 Å². The molecule has 0 amide bonds. The van der Waals surface area contributed by atoms with Crippen LogP contribution in [0.25, 0.3) is 11.1 Å². The SMILES string of the molecule is COc1ccc(-c2cnn(C3CN4CCC3CC4)c2)cc1Cl. The monoisotopic (exact) mass is 317 g/mol. The minimum absolute atomic E-state index is 0.518. The molecule has 0 N–H and O–H groups in total. The molecule has 2 aromatic rings. The summed E-state index contributed by atoms with van der Waals surface area (Å²) in [6.45, 7) is 3.64. The van der Waals surface area contributed by atoms with Crippen LogP contribution in [0, 0.1) is 5.92 Å². The van der Waals surface area contributed by atoms with Gasteiger partial charge in [0.25, 0.3) is 0 Å². The Hall–Kier alpha value is -1.52. The van der Waals surface area contributed by atoms with Crippen LogP contribution in [0.2, 0.25) is 5.02 Å². The molecule has 3 aliphatic rings. The van der Waals surface area contributed by atoms with Gasteiger partial charge in [-0.1, -0.05) is 17.7 Å². The Bertz CT molecular complexity index is 676. The fraction of sp³-hybridized carbons (Fsp3) is 0.471. The van der Waals surface area contributed by atoms with E-state index >= 15 is 0 Å². The van der Waals surface area contributed by atoms with Crippen molar-refractivity contribution in [2.24, 2.45) is 5.92 Å². The first-order valence-electron chi connectivity index (χ1n) is 7.85. The first-order valence-corrected chi connectivity index (χ1v) is 8.23. The molecule has 1 aromatic heterocycles. The van der Waals surface area contributed by atoms with Crippen molar-refractivity contribution in [1.82, 2.24) is 14.7 Å². The molecule has 1 unspecified atom stereocenters. The zero-order valence-corrected chi connectivity index (χ0v) is 13.5. The van der Waals surface area contributed by atoms with Gasteiger partial charge in [-0.3, -0.25) is 4.68 Å². The van der Waals surface area contributed by atoms with E-state index in [1.165, 1.54) is 25.9 Å². The molecule has 1 atom stereocenters. The molecule has 4 nitrogen and oxygen atoms in total. The second-order valence-corrected chi connectivity index (χ2v) is 6.67. The van der Waals surface area contributed by atoms with Crippen molar-refractivity contribution in [3.63, 3.8) is 0 Å². The van der Waals surface area contributed by atoms with E-state index in [0.29, 0.717) is 16.8 Å². The van der Waals surface area contributed by atoms with Crippen LogP contribution in [0.4, 0.5) is 0 Å². The predicted molar refractivity (Wildman–Crippen MR) is 87.4 cm³/mol. The number of hydrogen-bond acceptors (Lipinski definition) is 3. The van der Waals surface area contributed by atoms with Crippen LogP contribution in [0.15, 0.2) is 30.6 Å².